The second-order valence-electron chi connectivity index (χ2n) is 12.4. The number of rotatable bonds is 1. The molecule has 4 aliphatic carbocycles. The van der Waals surface area contributed by atoms with Crippen molar-refractivity contribution >= 4 is 0 Å². The first-order valence-corrected chi connectivity index (χ1v) is 12.7. The molecule has 1 aliphatic heterocycles. The van der Waals surface area contributed by atoms with Crippen molar-refractivity contribution in [1.29, 1.82) is 0 Å². The van der Waals surface area contributed by atoms with Crippen molar-refractivity contribution in [3.05, 3.63) is 11.6 Å². The van der Waals surface area contributed by atoms with Crippen molar-refractivity contribution in [1.82, 2.24) is 0 Å². The fourth-order valence-electron chi connectivity index (χ4n) is 9.03. The monoisotopic (exact) mass is 400 g/mol. The van der Waals surface area contributed by atoms with Gasteiger partial charge in [-0.25, -0.2) is 0 Å². The summed E-state index contributed by atoms with van der Waals surface area (Å²) in [5.74, 6) is 3.38. The van der Waals surface area contributed by atoms with E-state index >= 15 is 0 Å². The lowest BCUT2D eigenvalue weighted by atomic mass is 9.43. The number of hydrogen-bond acceptors (Lipinski definition) is 2. The van der Waals surface area contributed by atoms with E-state index in [9.17, 15) is 0 Å². The molecule has 0 aromatic heterocycles. The van der Waals surface area contributed by atoms with Crippen molar-refractivity contribution in [2.24, 2.45) is 39.9 Å². The van der Waals surface area contributed by atoms with Gasteiger partial charge in [0.25, 0.3) is 0 Å². The summed E-state index contributed by atoms with van der Waals surface area (Å²) in [5, 5.41) is 0. The molecule has 0 N–H and O–H groups in total. The van der Waals surface area contributed by atoms with Gasteiger partial charge in [0.2, 0.25) is 0 Å². The van der Waals surface area contributed by atoms with Crippen LogP contribution in [0.1, 0.15) is 98.8 Å². The van der Waals surface area contributed by atoms with Crippen molar-refractivity contribution in [3.8, 4) is 0 Å². The third-order valence-electron chi connectivity index (χ3n) is 10.7. The average molecular weight is 401 g/mol. The largest absolute Gasteiger partial charge is 0.349 e. The van der Waals surface area contributed by atoms with Crippen molar-refractivity contribution in [2.45, 2.75) is 105 Å². The van der Waals surface area contributed by atoms with Crippen LogP contribution in [0, 0.1) is 39.9 Å². The predicted octanol–water partition coefficient (Wildman–Crippen LogP) is 7.13. The van der Waals surface area contributed by atoms with Crippen LogP contribution in [0.2, 0.25) is 0 Å². The fourth-order valence-corrected chi connectivity index (χ4v) is 9.03. The van der Waals surface area contributed by atoms with Gasteiger partial charge in [-0.3, -0.25) is 0 Å². The van der Waals surface area contributed by atoms with Crippen LogP contribution in [0.5, 0.6) is 0 Å². The lowest BCUT2D eigenvalue weighted by Gasteiger charge is -2.63. The molecular formula is C27H44O2. The van der Waals surface area contributed by atoms with E-state index in [2.05, 4.69) is 40.7 Å². The van der Waals surface area contributed by atoms with Gasteiger partial charge < -0.3 is 9.47 Å². The molecule has 0 bridgehead atoms. The molecule has 5 aliphatic rings. The van der Waals surface area contributed by atoms with Gasteiger partial charge in [-0.15, -0.1) is 0 Å². The highest BCUT2D eigenvalue weighted by molar-refractivity contribution is 5.24. The molecule has 0 aromatic carbocycles. The Morgan fingerprint density at radius 2 is 1.69 bits per heavy atom. The van der Waals surface area contributed by atoms with Crippen LogP contribution < -0.4 is 0 Å². The zero-order chi connectivity index (χ0) is 20.5. The van der Waals surface area contributed by atoms with Gasteiger partial charge >= 0.3 is 0 Å². The highest BCUT2D eigenvalue weighted by Crippen LogP contribution is 2.69. The number of allylic oxidation sites excluding steroid dienone is 2. The molecule has 1 heterocycles. The summed E-state index contributed by atoms with van der Waals surface area (Å²) in [7, 11) is 0. The van der Waals surface area contributed by atoms with Gasteiger partial charge in [-0.05, 0) is 92.8 Å². The molecule has 0 radical (unpaired) electrons. The van der Waals surface area contributed by atoms with Gasteiger partial charge in [0.1, 0.15) is 0 Å². The van der Waals surface area contributed by atoms with Crippen LogP contribution in [-0.2, 0) is 9.47 Å². The summed E-state index contributed by atoms with van der Waals surface area (Å²) in [6.45, 7) is 13.6. The normalized spacial score (nSPS) is 49.5. The third kappa shape index (κ3) is 2.94. The molecular weight excluding hydrogens is 356 g/mol. The van der Waals surface area contributed by atoms with E-state index in [1.54, 1.807) is 5.57 Å². The molecule has 5 fully saturated rings. The molecule has 5 rings (SSSR count). The Bertz CT molecular complexity index is 668. The number of ether oxygens (including phenoxy) is 2. The first-order valence-electron chi connectivity index (χ1n) is 12.7. The van der Waals surface area contributed by atoms with Crippen molar-refractivity contribution < 1.29 is 9.47 Å². The minimum Gasteiger partial charge on any atom is -0.349 e. The summed E-state index contributed by atoms with van der Waals surface area (Å²) < 4.78 is 13.0. The van der Waals surface area contributed by atoms with E-state index in [0.29, 0.717) is 10.8 Å². The standard InChI is InChI=1S/C27H44O2/c1-6-19-9-11-22-21-10-8-20-16-27(28-17-24(3,4)18-29-27)15-14-26(20,7-2)23(21)12-13-25(19,22)5/h6,20-23H,7-18H2,1-5H3/t20-,21+,22+,23+,25-,26+/m1/s1. The van der Waals surface area contributed by atoms with E-state index < -0.39 is 0 Å². The molecule has 2 nitrogen and oxygen atoms in total. The van der Waals surface area contributed by atoms with Gasteiger partial charge in [0.15, 0.2) is 5.79 Å². The van der Waals surface area contributed by atoms with E-state index in [-0.39, 0.29) is 11.2 Å². The van der Waals surface area contributed by atoms with E-state index in [1.165, 1.54) is 51.4 Å². The predicted molar refractivity (Wildman–Crippen MR) is 119 cm³/mol. The molecule has 0 unspecified atom stereocenters. The second kappa shape index (κ2) is 6.83. The Morgan fingerprint density at radius 1 is 0.931 bits per heavy atom. The molecule has 164 valence electrons. The van der Waals surface area contributed by atoms with Crippen LogP contribution in [0.15, 0.2) is 11.6 Å². The van der Waals surface area contributed by atoms with Crippen LogP contribution in [0.4, 0.5) is 0 Å². The first kappa shape index (κ1) is 20.6. The lowest BCUT2D eigenvalue weighted by molar-refractivity contribution is -0.331. The van der Waals surface area contributed by atoms with Crippen LogP contribution in [0.3, 0.4) is 0 Å². The fraction of sp³-hybridized carbons (Fsp3) is 0.926. The van der Waals surface area contributed by atoms with Crippen molar-refractivity contribution in [2.75, 3.05) is 13.2 Å². The molecule has 29 heavy (non-hydrogen) atoms. The van der Waals surface area contributed by atoms with Gasteiger partial charge in [0.05, 0.1) is 13.2 Å². The zero-order valence-corrected chi connectivity index (χ0v) is 19.7. The maximum Gasteiger partial charge on any atom is 0.168 e. The smallest absolute Gasteiger partial charge is 0.168 e. The Kier molecular flexibility index (Phi) is 4.84. The maximum absolute atomic E-state index is 6.48. The molecule has 0 aromatic rings. The highest BCUT2D eigenvalue weighted by atomic mass is 16.7. The van der Waals surface area contributed by atoms with Crippen LogP contribution in [-0.4, -0.2) is 19.0 Å². The van der Waals surface area contributed by atoms with E-state index in [1.807, 2.05) is 0 Å². The Hall–Kier alpha value is -0.340. The van der Waals surface area contributed by atoms with Crippen molar-refractivity contribution in [3.63, 3.8) is 0 Å². The number of fused-ring (bicyclic) bond motifs is 5. The molecule has 6 atom stereocenters. The molecule has 1 spiro atoms. The van der Waals surface area contributed by atoms with Gasteiger partial charge in [-0.2, -0.15) is 0 Å². The second-order valence-corrected chi connectivity index (χ2v) is 12.4. The molecule has 1 saturated heterocycles. The average Bonchev–Trinajstić information content (AvgIpc) is 3.06. The summed E-state index contributed by atoms with van der Waals surface area (Å²) in [6, 6.07) is 0. The van der Waals surface area contributed by atoms with Crippen LogP contribution in [0.25, 0.3) is 0 Å². The SMILES string of the molecule is CC=C1CC[C@H]2[C@@H]3CC[C@@H]4CC5(CC[C@]4(CC)[C@H]3CC[C@]12C)OCC(C)(C)CO5. The number of hydrogen-bond donors (Lipinski definition) is 0. The van der Waals surface area contributed by atoms with Gasteiger partial charge in [0, 0.05) is 18.3 Å². The summed E-state index contributed by atoms with van der Waals surface area (Å²) in [5.41, 5.74) is 3.01. The van der Waals surface area contributed by atoms with E-state index in [0.717, 1.165) is 49.7 Å². The maximum atomic E-state index is 6.48. The Morgan fingerprint density at radius 3 is 2.38 bits per heavy atom. The molecule has 2 heteroatoms. The minimum absolute atomic E-state index is 0.170. The summed E-state index contributed by atoms with van der Waals surface area (Å²) in [4.78, 5) is 0. The topological polar surface area (TPSA) is 18.5 Å². The van der Waals surface area contributed by atoms with Crippen LogP contribution >= 0.6 is 0 Å². The molecule has 4 saturated carbocycles. The lowest BCUT2D eigenvalue weighted by Crippen LogP contribution is -2.59. The third-order valence-corrected chi connectivity index (χ3v) is 10.7. The minimum atomic E-state index is -0.264. The van der Waals surface area contributed by atoms with Gasteiger partial charge in [-0.1, -0.05) is 39.3 Å². The Labute approximate surface area is 179 Å². The summed E-state index contributed by atoms with van der Waals surface area (Å²) >= 11 is 0. The molecule has 0 amide bonds. The highest BCUT2D eigenvalue weighted by Gasteiger charge is 2.62. The summed E-state index contributed by atoms with van der Waals surface area (Å²) in [6.07, 6.45) is 16.0. The zero-order valence-electron chi connectivity index (χ0n) is 19.7. The first-order chi connectivity index (χ1) is 13.8. The Balaban J connectivity index is 1.39. The quantitative estimate of drug-likeness (QED) is 0.436. The van der Waals surface area contributed by atoms with E-state index in [4.69, 9.17) is 9.47 Å².